The Labute approximate surface area is 202 Å². The molecule has 0 aromatic rings. The van der Waals surface area contributed by atoms with Crippen molar-refractivity contribution >= 4 is 11.8 Å². The van der Waals surface area contributed by atoms with Gasteiger partial charge in [-0.3, -0.25) is 9.59 Å². The van der Waals surface area contributed by atoms with E-state index in [2.05, 4.69) is 26.8 Å². The minimum absolute atomic E-state index is 0.00375. The maximum atomic E-state index is 14.2. The number of carboxylic acid groups (broad SMARTS) is 1. The number of carbonyl (C=O) groups is 2. The molecule has 4 aliphatic carbocycles. The van der Waals surface area contributed by atoms with Crippen LogP contribution in [-0.2, 0) is 23.8 Å². The lowest BCUT2D eigenvalue weighted by Crippen LogP contribution is -2.60. The zero-order valence-corrected chi connectivity index (χ0v) is 21.0. The number of ketones is 1. The summed E-state index contributed by atoms with van der Waals surface area (Å²) < 4.78 is 17.1. The number of rotatable bonds is 7. The highest BCUT2D eigenvalue weighted by Gasteiger charge is 2.80. The number of ether oxygens (including phenoxy) is 3. The van der Waals surface area contributed by atoms with Crippen LogP contribution in [0.5, 0.6) is 0 Å². The van der Waals surface area contributed by atoms with E-state index in [1.807, 2.05) is 6.92 Å². The van der Waals surface area contributed by atoms with Gasteiger partial charge in [0.1, 0.15) is 18.1 Å². The third-order valence-electron chi connectivity index (χ3n) is 10.3. The van der Waals surface area contributed by atoms with Gasteiger partial charge in [0.15, 0.2) is 12.1 Å². The van der Waals surface area contributed by atoms with Crippen molar-refractivity contribution in [2.75, 3.05) is 13.7 Å². The van der Waals surface area contributed by atoms with E-state index in [0.717, 1.165) is 24.8 Å². The van der Waals surface area contributed by atoms with Gasteiger partial charge in [-0.05, 0) is 61.7 Å². The zero-order chi connectivity index (χ0) is 24.6. The predicted molar refractivity (Wildman–Crippen MR) is 124 cm³/mol. The van der Waals surface area contributed by atoms with Crippen molar-refractivity contribution in [3.8, 4) is 0 Å². The third kappa shape index (κ3) is 3.02. The highest BCUT2D eigenvalue weighted by atomic mass is 16.7. The van der Waals surface area contributed by atoms with Crippen molar-refractivity contribution in [2.24, 2.45) is 46.3 Å². The molecule has 0 aromatic carbocycles. The Morgan fingerprint density at radius 1 is 1.21 bits per heavy atom. The van der Waals surface area contributed by atoms with Crippen LogP contribution in [0.3, 0.4) is 0 Å². The van der Waals surface area contributed by atoms with Gasteiger partial charge in [0.05, 0.1) is 17.6 Å². The second-order valence-electron chi connectivity index (χ2n) is 11.9. The summed E-state index contributed by atoms with van der Waals surface area (Å²) in [5, 5.41) is 21.4. The van der Waals surface area contributed by atoms with Crippen molar-refractivity contribution in [3.63, 3.8) is 0 Å². The number of allylic oxidation sites excluding steroid dienone is 1. The molecule has 0 spiro atoms. The molecule has 0 radical (unpaired) electrons. The minimum Gasteiger partial charge on any atom is -0.481 e. The van der Waals surface area contributed by atoms with Crippen LogP contribution in [0.1, 0.15) is 59.8 Å². The Morgan fingerprint density at radius 3 is 2.59 bits per heavy atom. The fourth-order valence-electron chi connectivity index (χ4n) is 8.96. The van der Waals surface area contributed by atoms with E-state index in [9.17, 15) is 19.8 Å². The third-order valence-corrected chi connectivity index (χ3v) is 10.3. The second-order valence-corrected chi connectivity index (χ2v) is 11.9. The molecule has 190 valence electrons. The van der Waals surface area contributed by atoms with Crippen LogP contribution in [0.4, 0.5) is 0 Å². The number of methoxy groups -OCH3 is 1. The molecule has 5 rings (SSSR count). The van der Waals surface area contributed by atoms with Gasteiger partial charge in [-0.1, -0.05) is 38.8 Å². The first kappa shape index (κ1) is 24.4. The normalized spacial score (nSPS) is 49.3. The molecule has 1 saturated heterocycles. The smallest absolute Gasteiger partial charge is 0.315 e. The minimum atomic E-state index is -1.14. The second kappa shape index (κ2) is 8.39. The van der Waals surface area contributed by atoms with Gasteiger partial charge < -0.3 is 24.4 Å². The van der Waals surface area contributed by atoms with Gasteiger partial charge in [-0.25, -0.2) is 0 Å². The first-order valence-corrected chi connectivity index (χ1v) is 13.1. The van der Waals surface area contributed by atoms with Crippen LogP contribution in [0.25, 0.3) is 0 Å². The Bertz CT molecular complexity index is 882. The first-order chi connectivity index (χ1) is 16.1. The molecule has 11 atom stereocenters. The Kier molecular flexibility index (Phi) is 6.03. The number of hydrogen-bond acceptors (Lipinski definition) is 6. The van der Waals surface area contributed by atoms with Crippen molar-refractivity contribution in [3.05, 3.63) is 11.6 Å². The summed E-state index contributed by atoms with van der Waals surface area (Å²) in [5.74, 6) is 0.294. The Hall–Kier alpha value is -1.28. The molecule has 1 heterocycles. The molecular weight excluding hydrogens is 436 g/mol. The van der Waals surface area contributed by atoms with Gasteiger partial charge in [-0.2, -0.15) is 0 Å². The number of aliphatic carboxylic acids is 1. The topological polar surface area (TPSA) is 102 Å². The largest absolute Gasteiger partial charge is 0.481 e. The van der Waals surface area contributed by atoms with Crippen LogP contribution in [0.2, 0.25) is 0 Å². The van der Waals surface area contributed by atoms with E-state index in [0.29, 0.717) is 30.6 Å². The first-order valence-electron chi connectivity index (χ1n) is 13.1. The van der Waals surface area contributed by atoms with E-state index in [-0.39, 0.29) is 42.4 Å². The maximum Gasteiger partial charge on any atom is 0.315 e. The molecule has 34 heavy (non-hydrogen) atoms. The summed E-state index contributed by atoms with van der Waals surface area (Å²) in [4.78, 5) is 27.4. The Morgan fingerprint density at radius 2 is 1.94 bits per heavy atom. The van der Waals surface area contributed by atoms with Crippen molar-refractivity contribution < 1.29 is 34.0 Å². The molecular formula is C27H40O7. The Balaban J connectivity index is 1.46. The highest BCUT2D eigenvalue weighted by molar-refractivity contribution is 5.98. The van der Waals surface area contributed by atoms with E-state index < -0.39 is 29.2 Å². The van der Waals surface area contributed by atoms with E-state index >= 15 is 0 Å². The molecule has 0 amide bonds. The number of Topliss-reactive ketones (excluding diaryl/α,β-unsaturated/α-hetero) is 1. The molecule has 0 aromatic heterocycles. The summed E-state index contributed by atoms with van der Waals surface area (Å²) in [5.41, 5.74) is -1.17. The highest BCUT2D eigenvalue weighted by Crippen LogP contribution is 2.78. The van der Waals surface area contributed by atoms with Crippen molar-refractivity contribution in [1.82, 2.24) is 0 Å². The molecule has 1 aliphatic heterocycles. The summed E-state index contributed by atoms with van der Waals surface area (Å²) in [6, 6.07) is 0. The molecule has 2 N–H and O–H groups in total. The van der Waals surface area contributed by atoms with E-state index in [4.69, 9.17) is 14.2 Å². The number of fused-ring (bicyclic) bond motifs is 2. The summed E-state index contributed by atoms with van der Waals surface area (Å²) in [6.45, 7) is 7.98. The lowest BCUT2D eigenvalue weighted by molar-refractivity contribution is -0.263. The number of carboxylic acids is 1. The fraction of sp³-hybridized carbons (Fsp3) is 0.852. The standard InChI is InChI=1S/C27H40O7/c1-13(2)19-8-16-9-20-17-7-6-14(3)18(17)11-26(16,27(19,20)25(30)31)23(29)12-33-24-21(28)10-22(32-5)15(4)34-24/h8,13-18,20-22,24,28H,6-7,9-12H2,1-5H3,(H,30,31)/t14?,15-,16?,17?,18?,20?,21+,22+,24-,26?,27?/m1/s1. The molecule has 3 saturated carbocycles. The average Bonchev–Trinajstić information content (AvgIpc) is 3.37. The van der Waals surface area contributed by atoms with Gasteiger partial charge in [0, 0.05) is 13.5 Å². The van der Waals surface area contributed by atoms with Crippen LogP contribution in [0.15, 0.2) is 11.6 Å². The molecule has 7 unspecified atom stereocenters. The molecule has 5 aliphatic rings. The van der Waals surface area contributed by atoms with Gasteiger partial charge in [0.2, 0.25) is 0 Å². The predicted octanol–water partition coefficient (Wildman–Crippen LogP) is 3.44. The number of hydrogen-bond donors (Lipinski definition) is 2. The van der Waals surface area contributed by atoms with Gasteiger partial charge in [0.25, 0.3) is 0 Å². The van der Waals surface area contributed by atoms with Crippen molar-refractivity contribution in [2.45, 2.75) is 84.4 Å². The SMILES string of the molecule is CO[C@H]1C[C@H](O)[C@H](OCC(=O)C23CC4C(C)CCC4C4CC2C=C(C(C)C)C43C(=O)O)O[C@@H]1C. The molecule has 4 bridgehead atoms. The van der Waals surface area contributed by atoms with E-state index in [1.54, 1.807) is 7.11 Å². The molecule has 7 heteroatoms. The van der Waals surface area contributed by atoms with Gasteiger partial charge in [-0.15, -0.1) is 0 Å². The van der Waals surface area contributed by atoms with Crippen LogP contribution >= 0.6 is 0 Å². The zero-order valence-electron chi connectivity index (χ0n) is 21.0. The number of aliphatic hydroxyl groups excluding tert-OH is 1. The summed E-state index contributed by atoms with van der Waals surface area (Å²) in [6.07, 6.45) is 3.74. The van der Waals surface area contributed by atoms with Crippen LogP contribution < -0.4 is 0 Å². The van der Waals surface area contributed by atoms with E-state index in [1.165, 1.54) is 0 Å². The molecule has 7 nitrogen and oxygen atoms in total. The quantitative estimate of drug-likeness (QED) is 0.543. The monoisotopic (exact) mass is 476 g/mol. The lowest BCUT2D eigenvalue weighted by Gasteiger charge is -2.53. The van der Waals surface area contributed by atoms with Crippen LogP contribution in [0, 0.1) is 46.3 Å². The average molecular weight is 477 g/mol. The summed E-state index contributed by atoms with van der Waals surface area (Å²) in [7, 11) is 1.58. The van der Waals surface area contributed by atoms with Crippen molar-refractivity contribution in [1.29, 1.82) is 0 Å². The van der Waals surface area contributed by atoms with Gasteiger partial charge >= 0.3 is 5.97 Å². The van der Waals surface area contributed by atoms with Crippen LogP contribution in [-0.4, -0.2) is 60.3 Å². The summed E-state index contributed by atoms with van der Waals surface area (Å²) >= 11 is 0. The maximum absolute atomic E-state index is 14.2. The molecule has 4 fully saturated rings. The number of carbonyl (C=O) groups excluding carboxylic acids is 1. The number of aliphatic hydroxyl groups is 1. The fourth-order valence-corrected chi connectivity index (χ4v) is 8.96. The lowest BCUT2D eigenvalue weighted by atomic mass is 9.47.